The molecular weight excluding hydrogens is 244 g/mol. The number of hydrogen-bond acceptors (Lipinski definition) is 3. The second-order valence-electron chi connectivity index (χ2n) is 5.99. The number of carbonyl (C=O) groups is 2. The van der Waals surface area contributed by atoms with Gasteiger partial charge in [0, 0.05) is 19.6 Å². The molecule has 19 heavy (non-hydrogen) atoms. The minimum absolute atomic E-state index is 0.0436. The van der Waals surface area contributed by atoms with Crippen LogP contribution in [-0.4, -0.2) is 47.6 Å². The van der Waals surface area contributed by atoms with Crippen LogP contribution in [0.25, 0.3) is 0 Å². The van der Waals surface area contributed by atoms with Gasteiger partial charge < -0.3 is 10.4 Å². The Morgan fingerprint density at radius 2 is 1.84 bits per heavy atom. The molecule has 0 aromatic rings. The topological polar surface area (TPSA) is 69.6 Å². The zero-order valence-electron chi connectivity index (χ0n) is 12.3. The van der Waals surface area contributed by atoms with Gasteiger partial charge in [0.1, 0.15) is 0 Å². The molecule has 1 saturated heterocycles. The van der Waals surface area contributed by atoms with Crippen molar-refractivity contribution in [3.05, 3.63) is 0 Å². The summed E-state index contributed by atoms with van der Waals surface area (Å²) in [5.74, 6) is -0.281. The van der Waals surface area contributed by atoms with Crippen molar-refractivity contribution >= 4 is 11.9 Å². The summed E-state index contributed by atoms with van der Waals surface area (Å²) in [7, 11) is 0. The largest absolute Gasteiger partial charge is 0.481 e. The molecule has 1 amide bonds. The van der Waals surface area contributed by atoms with Crippen molar-refractivity contribution in [1.29, 1.82) is 0 Å². The Bertz CT molecular complexity index is 325. The van der Waals surface area contributed by atoms with Crippen molar-refractivity contribution in [2.24, 2.45) is 17.8 Å². The normalized spacial score (nSPS) is 19.8. The van der Waals surface area contributed by atoms with E-state index in [9.17, 15) is 9.59 Å². The lowest BCUT2D eigenvalue weighted by Gasteiger charge is -2.44. The number of carbonyl (C=O) groups excluding carboxylic acids is 1. The van der Waals surface area contributed by atoms with Crippen LogP contribution < -0.4 is 5.32 Å². The molecule has 1 heterocycles. The van der Waals surface area contributed by atoms with E-state index in [0.717, 1.165) is 6.42 Å². The Kier molecular flexibility index (Phi) is 5.79. The lowest BCUT2D eigenvalue weighted by molar-refractivity contribution is -0.146. The Morgan fingerprint density at radius 3 is 2.32 bits per heavy atom. The maximum Gasteiger partial charge on any atom is 0.306 e. The summed E-state index contributed by atoms with van der Waals surface area (Å²) in [5.41, 5.74) is 0. The van der Waals surface area contributed by atoms with Crippen LogP contribution in [0, 0.1) is 17.8 Å². The average Bonchev–Trinajstić information content (AvgIpc) is 2.25. The van der Waals surface area contributed by atoms with Crippen LogP contribution in [0.2, 0.25) is 0 Å². The molecule has 2 N–H and O–H groups in total. The van der Waals surface area contributed by atoms with Crippen molar-refractivity contribution in [2.75, 3.05) is 19.6 Å². The molecule has 1 aliphatic heterocycles. The van der Waals surface area contributed by atoms with Crippen LogP contribution in [0.1, 0.15) is 34.1 Å². The SMILES string of the molecule is CC(C)CCNC(=O)C(C)N1CC(C(C)C(=O)O)C1. The van der Waals surface area contributed by atoms with Gasteiger partial charge in [0.25, 0.3) is 0 Å². The van der Waals surface area contributed by atoms with E-state index in [2.05, 4.69) is 19.2 Å². The number of amides is 1. The fraction of sp³-hybridized carbons (Fsp3) is 0.857. The van der Waals surface area contributed by atoms with E-state index in [1.54, 1.807) is 6.92 Å². The van der Waals surface area contributed by atoms with E-state index < -0.39 is 5.97 Å². The monoisotopic (exact) mass is 270 g/mol. The number of nitrogens with zero attached hydrogens (tertiary/aromatic N) is 1. The van der Waals surface area contributed by atoms with Gasteiger partial charge in [-0.15, -0.1) is 0 Å². The van der Waals surface area contributed by atoms with Crippen molar-refractivity contribution in [1.82, 2.24) is 10.2 Å². The van der Waals surface area contributed by atoms with E-state index in [1.165, 1.54) is 0 Å². The van der Waals surface area contributed by atoms with Crippen LogP contribution in [0.3, 0.4) is 0 Å². The van der Waals surface area contributed by atoms with E-state index in [-0.39, 0.29) is 23.8 Å². The summed E-state index contributed by atoms with van der Waals surface area (Å²) in [5, 5.41) is 11.9. The number of carboxylic acid groups (broad SMARTS) is 1. The Hall–Kier alpha value is -1.10. The number of likely N-dealkylation sites (tertiary alicyclic amines) is 1. The van der Waals surface area contributed by atoms with Gasteiger partial charge in [-0.2, -0.15) is 0 Å². The summed E-state index contributed by atoms with van der Waals surface area (Å²) >= 11 is 0. The third-order valence-corrected chi connectivity index (χ3v) is 3.98. The van der Waals surface area contributed by atoms with Crippen molar-refractivity contribution in [2.45, 2.75) is 40.2 Å². The molecule has 0 saturated carbocycles. The maximum atomic E-state index is 11.9. The molecule has 2 unspecified atom stereocenters. The Balaban J connectivity index is 2.27. The lowest BCUT2D eigenvalue weighted by atomic mass is 9.86. The van der Waals surface area contributed by atoms with Gasteiger partial charge in [0.15, 0.2) is 0 Å². The van der Waals surface area contributed by atoms with Gasteiger partial charge in [0.2, 0.25) is 5.91 Å². The minimum Gasteiger partial charge on any atom is -0.481 e. The molecule has 2 atom stereocenters. The molecule has 5 nitrogen and oxygen atoms in total. The maximum absolute atomic E-state index is 11.9. The standard InChI is InChI=1S/C14H26N2O3/c1-9(2)5-6-15-13(17)11(4)16-7-12(8-16)10(3)14(18)19/h9-12H,5-8H2,1-4H3,(H,15,17)(H,18,19). The van der Waals surface area contributed by atoms with Crippen LogP contribution in [0.15, 0.2) is 0 Å². The molecule has 110 valence electrons. The van der Waals surface area contributed by atoms with Crippen LogP contribution >= 0.6 is 0 Å². The molecule has 0 radical (unpaired) electrons. The lowest BCUT2D eigenvalue weighted by Crippen LogP contribution is -2.58. The van der Waals surface area contributed by atoms with E-state index >= 15 is 0 Å². The molecule has 1 rings (SSSR count). The number of nitrogens with one attached hydrogen (secondary N) is 1. The highest BCUT2D eigenvalue weighted by Crippen LogP contribution is 2.25. The number of hydrogen-bond donors (Lipinski definition) is 2. The summed E-state index contributed by atoms with van der Waals surface area (Å²) < 4.78 is 0. The van der Waals surface area contributed by atoms with Gasteiger partial charge in [-0.25, -0.2) is 0 Å². The van der Waals surface area contributed by atoms with Gasteiger partial charge in [-0.05, 0) is 25.2 Å². The van der Waals surface area contributed by atoms with Crippen LogP contribution in [0.4, 0.5) is 0 Å². The highest BCUT2D eigenvalue weighted by molar-refractivity contribution is 5.81. The third kappa shape index (κ3) is 4.49. The predicted octanol–water partition coefficient (Wildman–Crippen LogP) is 1.19. The molecule has 0 spiro atoms. The molecule has 1 aliphatic rings. The Morgan fingerprint density at radius 1 is 1.26 bits per heavy atom. The zero-order chi connectivity index (χ0) is 14.6. The van der Waals surface area contributed by atoms with Gasteiger partial charge in [-0.1, -0.05) is 20.8 Å². The van der Waals surface area contributed by atoms with Crippen molar-refractivity contribution in [3.63, 3.8) is 0 Å². The first-order chi connectivity index (χ1) is 8.82. The fourth-order valence-electron chi connectivity index (χ4n) is 2.18. The zero-order valence-corrected chi connectivity index (χ0v) is 12.3. The number of aliphatic carboxylic acids is 1. The molecular formula is C14H26N2O3. The summed E-state index contributed by atoms with van der Waals surface area (Å²) in [6.07, 6.45) is 0.983. The smallest absolute Gasteiger partial charge is 0.306 e. The molecule has 0 aliphatic carbocycles. The first-order valence-electron chi connectivity index (χ1n) is 7.07. The number of rotatable bonds is 7. The van der Waals surface area contributed by atoms with Crippen LogP contribution in [0.5, 0.6) is 0 Å². The van der Waals surface area contributed by atoms with E-state index in [4.69, 9.17) is 5.11 Å². The Labute approximate surface area is 115 Å². The quantitative estimate of drug-likeness (QED) is 0.729. The van der Waals surface area contributed by atoms with Crippen molar-refractivity contribution < 1.29 is 14.7 Å². The molecule has 0 aromatic heterocycles. The van der Waals surface area contributed by atoms with E-state index in [1.807, 2.05) is 11.8 Å². The molecule has 1 fully saturated rings. The second-order valence-corrected chi connectivity index (χ2v) is 5.99. The second kappa shape index (κ2) is 6.89. The van der Waals surface area contributed by atoms with Crippen LogP contribution in [-0.2, 0) is 9.59 Å². The first kappa shape index (κ1) is 16.0. The highest BCUT2D eigenvalue weighted by atomic mass is 16.4. The summed E-state index contributed by atoms with van der Waals surface area (Å²) in [6.45, 7) is 9.98. The minimum atomic E-state index is -0.751. The predicted molar refractivity (Wildman–Crippen MR) is 73.8 cm³/mol. The van der Waals surface area contributed by atoms with Crippen molar-refractivity contribution in [3.8, 4) is 0 Å². The first-order valence-corrected chi connectivity index (χ1v) is 7.07. The molecule has 5 heteroatoms. The van der Waals surface area contributed by atoms with Gasteiger partial charge in [-0.3, -0.25) is 14.5 Å². The summed E-state index contributed by atoms with van der Waals surface area (Å²) in [6, 6.07) is -0.163. The highest BCUT2D eigenvalue weighted by Gasteiger charge is 2.38. The van der Waals surface area contributed by atoms with Gasteiger partial charge >= 0.3 is 5.97 Å². The average molecular weight is 270 g/mol. The summed E-state index contributed by atoms with van der Waals surface area (Å²) in [4.78, 5) is 24.8. The molecule has 0 bridgehead atoms. The van der Waals surface area contributed by atoms with Gasteiger partial charge in [0.05, 0.1) is 12.0 Å². The number of carboxylic acids is 1. The molecule has 0 aromatic carbocycles. The van der Waals surface area contributed by atoms with E-state index in [0.29, 0.717) is 25.6 Å². The third-order valence-electron chi connectivity index (χ3n) is 3.98. The fourth-order valence-corrected chi connectivity index (χ4v) is 2.18.